The van der Waals surface area contributed by atoms with Crippen molar-refractivity contribution in [2.75, 3.05) is 13.1 Å². The minimum Gasteiger partial charge on any atom is -0.349 e. The summed E-state index contributed by atoms with van der Waals surface area (Å²) in [6.07, 6.45) is 8.56. The van der Waals surface area contributed by atoms with E-state index in [-0.39, 0.29) is 11.9 Å². The van der Waals surface area contributed by atoms with Gasteiger partial charge in [-0.2, -0.15) is 0 Å². The average Bonchev–Trinajstić information content (AvgIpc) is 2.71. The van der Waals surface area contributed by atoms with Crippen molar-refractivity contribution in [2.24, 2.45) is 0 Å². The normalized spacial score (nSPS) is 15.9. The molecule has 1 N–H and O–H groups in total. The summed E-state index contributed by atoms with van der Waals surface area (Å²) >= 11 is 0. The molecule has 0 unspecified atom stereocenters. The topological polar surface area (TPSA) is 32.3 Å². The summed E-state index contributed by atoms with van der Waals surface area (Å²) in [5.74, 6) is 0.0422. The number of piperidine rings is 1. The lowest BCUT2D eigenvalue weighted by molar-refractivity contribution is 0.0909. The first-order valence-electron chi connectivity index (χ1n) is 10.1. The van der Waals surface area contributed by atoms with Gasteiger partial charge in [-0.1, -0.05) is 68.0 Å². The van der Waals surface area contributed by atoms with E-state index in [0.717, 1.165) is 56.4 Å². The molecule has 1 amide bonds. The quantitative estimate of drug-likeness (QED) is 0.760. The molecule has 1 aliphatic heterocycles. The lowest BCUT2D eigenvalue weighted by atomic mass is 10.0. The predicted octanol–water partition coefficient (Wildman–Crippen LogP) is 4.89. The molecule has 2 aromatic rings. The van der Waals surface area contributed by atoms with Crippen LogP contribution >= 0.6 is 0 Å². The monoisotopic (exact) mass is 362 g/mol. The van der Waals surface area contributed by atoms with Crippen LogP contribution in [-0.2, 0) is 6.54 Å². The second kappa shape index (κ2) is 10.1. The predicted molar refractivity (Wildman–Crippen MR) is 113 cm³/mol. The SMILES string of the molecule is CCC/C=C/c1ccc(C(=O)NC2CCN(Cc3ccccc3)CC2)cc1. The highest BCUT2D eigenvalue weighted by atomic mass is 16.1. The number of unbranched alkanes of at least 4 members (excludes halogenated alkanes) is 1. The Morgan fingerprint density at radius 1 is 1.07 bits per heavy atom. The number of nitrogens with zero attached hydrogens (tertiary/aromatic N) is 1. The lowest BCUT2D eigenvalue weighted by Gasteiger charge is -2.32. The van der Waals surface area contributed by atoms with Crippen LogP contribution in [0.25, 0.3) is 6.08 Å². The summed E-state index contributed by atoms with van der Waals surface area (Å²) in [6.45, 7) is 5.22. The van der Waals surface area contributed by atoms with Crippen LogP contribution in [0, 0.1) is 0 Å². The molecule has 1 aliphatic rings. The van der Waals surface area contributed by atoms with Crippen molar-refractivity contribution in [3.63, 3.8) is 0 Å². The molecule has 1 fully saturated rings. The van der Waals surface area contributed by atoms with E-state index in [2.05, 4.69) is 59.6 Å². The molecule has 3 rings (SSSR count). The van der Waals surface area contributed by atoms with Gasteiger partial charge in [0.15, 0.2) is 0 Å². The highest BCUT2D eigenvalue weighted by Gasteiger charge is 2.21. The zero-order chi connectivity index (χ0) is 18.9. The first kappa shape index (κ1) is 19.4. The van der Waals surface area contributed by atoms with E-state index in [1.165, 1.54) is 5.56 Å². The number of likely N-dealkylation sites (tertiary alicyclic amines) is 1. The highest BCUT2D eigenvalue weighted by molar-refractivity contribution is 5.94. The summed E-state index contributed by atoms with van der Waals surface area (Å²) in [4.78, 5) is 15.0. The van der Waals surface area contributed by atoms with Crippen LogP contribution in [0.15, 0.2) is 60.7 Å². The fourth-order valence-electron chi connectivity index (χ4n) is 3.48. The van der Waals surface area contributed by atoms with Crippen LogP contribution in [0.1, 0.15) is 54.1 Å². The van der Waals surface area contributed by atoms with Crippen molar-refractivity contribution in [1.82, 2.24) is 10.2 Å². The van der Waals surface area contributed by atoms with Crippen molar-refractivity contribution < 1.29 is 4.79 Å². The number of hydrogen-bond donors (Lipinski definition) is 1. The number of allylic oxidation sites excluding steroid dienone is 1. The van der Waals surface area contributed by atoms with Gasteiger partial charge in [-0.15, -0.1) is 0 Å². The number of nitrogens with one attached hydrogen (secondary N) is 1. The van der Waals surface area contributed by atoms with Crippen LogP contribution in [-0.4, -0.2) is 29.9 Å². The molecule has 0 bridgehead atoms. The summed E-state index contributed by atoms with van der Waals surface area (Å²) in [5.41, 5.74) is 3.25. The third kappa shape index (κ3) is 6.07. The van der Waals surface area contributed by atoms with Crippen LogP contribution in [0.4, 0.5) is 0 Å². The number of amides is 1. The van der Waals surface area contributed by atoms with Crippen molar-refractivity contribution in [3.8, 4) is 0 Å². The van der Waals surface area contributed by atoms with Crippen LogP contribution in [0.2, 0.25) is 0 Å². The van der Waals surface area contributed by atoms with Gasteiger partial charge in [-0.05, 0) is 42.5 Å². The van der Waals surface area contributed by atoms with E-state index in [1.807, 2.05) is 24.3 Å². The van der Waals surface area contributed by atoms with Crippen molar-refractivity contribution >= 4 is 12.0 Å². The van der Waals surface area contributed by atoms with E-state index in [9.17, 15) is 4.79 Å². The van der Waals surface area contributed by atoms with Gasteiger partial charge in [0.25, 0.3) is 5.91 Å². The summed E-state index contributed by atoms with van der Waals surface area (Å²) < 4.78 is 0. The van der Waals surface area contributed by atoms with Gasteiger partial charge in [-0.25, -0.2) is 0 Å². The molecule has 3 heteroatoms. The van der Waals surface area contributed by atoms with E-state index in [4.69, 9.17) is 0 Å². The molecule has 27 heavy (non-hydrogen) atoms. The summed E-state index contributed by atoms with van der Waals surface area (Å²) in [7, 11) is 0. The van der Waals surface area contributed by atoms with E-state index >= 15 is 0 Å². The van der Waals surface area contributed by atoms with Gasteiger partial charge >= 0.3 is 0 Å². The molecule has 2 aromatic carbocycles. The Bertz CT molecular complexity index is 729. The Labute approximate surface area is 163 Å². The first-order valence-corrected chi connectivity index (χ1v) is 10.1. The standard InChI is InChI=1S/C24H30N2O/c1-2-3-5-8-20-11-13-22(14-12-20)24(27)25-23-15-17-26(18-16-23)19-21-9-6-4-7-10-21/h4-14,23H,2-3,15-19H2,1H3,(H,25,27)/b8-5+. The number of carbonyl (C=O) groups excluding carboxylic acids is 1. The minimum absolute atomic E-state index is 0.0422. The summed E-state index contributed by atoms with van der Waals surface area (Å²) in [5, 5.41) is 3.21. The second-order valence-electron chi connectivity index (χ2n) is 7.32. The molecule has 0 atom stereocenters. The minimum atomic E-state index is 0.0422. The molecule has 1 saturated heterocycles. The molecule has 0 radical (unpaired) electrons. The third-order valence-electron chi connectivity index (χ3n) is 5.11. The number of rotatable bonds is 7. The zero-order valence-electron chi connectivity index (χ0n) is 16.2. The molecule has 142 valence electrons. The maximum Gasteiger partial charge on any atom is 0.251 e. The Morgan fingerprint density at radius 2 is 1.78 bits per heavy atom. The smallest absolute Gasteiger partial charge is 0.251 e. The molecular weight excluding hydrogens is 332 g/mol. The molecular formula is C24H30N2O. The maximum absolute atomic E-state index is 12.5. The maximum atomic E-state index is 12.5. The molecule has 0 aliphatic carbocycles. The number of hydrogen-bond acceptors (Lipinski definition) is 2. The Kier molecular flexibility index (Phi) is 7.23. The van der Waals surface area contributed by atoms with Gasteiger partial charge in [0, 0.05) is 31.2 Å². The molecule has 0 spiro atoms. The summed E-state index contributed by atoms with van der Waals surface area (Å²) in [6, 6.07) is 18.7. The Hall–Kier alpha value is -2.39. The van der Waals surface area contributed by atoms with Crippen LogP contribution in [0.5, 0.6) is 0 Å². The van der Waals surface area contributed by atoms with Gasteiger partial charge in [0.2, 0.25) is 0 Å². The second-order valence-corrected chi connectivity index (χ2v) is 7.32. The Balaban J connectivity index is 1.45. The fourth-order valence-corrected chi connectivity index (χ4v) is 3.48. The number of benzene rings is 2. The molecule has 3 nitrogen and oxygen atoms in total. The van der Waals surface area contributed by atoms with Gasteiger partial charge in [0.05, 0.1) is 0 Å². The van der Waals surface area contributed by atoms with Crippen molar-refractivity contribution in [3.05, 3.63) is 77.4 Å². The van der Waals surface area contributed by atoms with Crippen molar-refractivity contribution in [1.29, 1.82) is 0 Å². The van der Waals surface area contributed by atoms with Gasteiger partial charge < -0.3 is 5.32 Å². The van der Waals surface area contributed by atoms with E-state index < -0.39 is 0 Å². The molecule has 0 saturated carbocycles. The van der Waals surface area contributed by atoms with E-state index in [0.29, 0.717) is 0 Å². The van der Waals surface area contributed by atoms with Crippen molar-refractivity contribution in [2.45, 2.75) is 45.2 Å². The largest absolute Gasteiger partial charge is 0.349 e. The first-order chi connectivity index (χ1) is 13.2. The van der Waals surface area contributed by atoms with E-state index in [1.54, 1.807) is 0 Å². The molecule has 1 heterocycles. The zero-order valence-corrected chi connectivity index (χ0v) is 16.2. The van der Waals surface area contributed by atoms with Crippen LogP contribution in [0.3, 0.4) is 0 Å². The highest BCUT2D eigenvalue weighted by Crippen LogP contribution is 2.15. The fraction of sp³-hybridized carbons (Fsp3) is 0.375. The van der Waals surface area contributed by atoms with Crippen LogP contribution < -0.4 is 5.32 Å². The van der Waals surface area contributed by atoms with Gasteiger partial charge in [-0.3, -0.25) is 9.69 Å². The average molecular weight is 363 g/mol. The lowest BCUT2D eigenvalue weighted by Crippen LogP contribution is -2.44. The third-order valence-corrected chi connectivity index (χ3v) is 5.11. The Morgan fingerprint density at radius 3 is 2.44 bits per heavy atom. The number of carbonyl (C=O) groups is 1. The molecule has 0 aromatic heterocycles. The van der Waals surface area contributed by atoms with Gasteiger partial charge in [0.1, 0.15) is 0 Å².